The van der Waals surface area contributed by atoms with Gasteiger partial charge in [0, 0.05) is 0 Å². The van der Waals surface area contributed by atoms with E-state index in [0.29, 0.717) is 5.56 Å². The molecule has 0 N–H and O–H groups in total. The molecule has 0 saturated heterocycles. The molecule has 1 atom stereocenters. The number of ether oxygens (including phenoxy) is 1. The summed E-state index contributed by atoms with van der Waals surface area (Å²) < 4.78 is 27.3. The Bertz CT molecular complexity index is 410. The first-order valence-corrected chi connectivity index (χ1v) is 5.83. The van der Waals surface area contributed by atoms with Crippen LogP contribution in [0.1, 0.15) is 12.5 Å². The van der Waals surface area contributed by atoms with Crippen molar-refractivity contribution in [1.29, 1.82) is 0 Å². The Labute approximate surface area is 88.8 Å². The topological polar surface area (TPSA) is 60.4 Å². The summed E-state index contributed by atoms with van der Waals surface area (Å²) in [6, 6.07) is 8.52. The highest BCUT2D eigenvalue weighted by Gasteiger charge is 2.22. The van der Waals surface area contributed by atoms with E-state index in [1.54, 1.807) is 30.3 Å². The number of hydrogen-bond acceptors (Lipinski definition) is 4. The smallest absolute Gasteiger partial charge is 0.418 e. The van der Waals surface area contributed by atoms with Crippen molar-refractivity contribution in [3.05, 3.63) is 41.6 Å². The van der Waals surface area contributed by atoms with Crippen molar-refractivity contribution in [2.45, 2.75) is 12.4 Å². The van der Waals surface area contributed by atoms with E-state index in [1.165, 1.54) is 6.92 Å². The van der Waals surface area contributed by atoms with Crippen molar-refractivity contribution in [3.8, 4) is 0 Å². The summed E-state index contributed by atoms with van der Waals surface area (Å²) in [5.74, 6) is 1.06. The van der Waals surface area contributed by atoms with E-state index < -0.39 is 15.3 Å². The molecule has 1 rings (SSSR count). The van der Waals surface area contributed by atoms with Crippen molar-refractivity contribution >= 4 is 16.3 Å². The van der Waals surface area contributed by atoms with Crippen molar-refractivity contribution in [2.75, 3.05) is 0 Å². The Morgan fingerprint density at radius 2 is 1.93 bits per heavy atom. The van der Waals surface area contributed by atoms with E-state index in [-0.39, 0.29) is 0 Å². The van der Waals surface area contributed by atoms with E-state index in [1.807, 2.05) is 0 Å². The molecule has 1 aromatic rings. The predicted molar refractivity (Wildman–Crippen MR) is 55.0 cm³/mol. The largest absolute Gasteiger partial charge is 0.438 e. The van der Waals surface area contributed by atoms with Crippen LogP contribution in [0.25, 0.3) is 0 Å². The number of sulfone groups is 1. The molecular formula is C10H10O4S. The molecule has 0 spiro atoms. The highest BCUT2D eigenvalue weighted by atomic mass is 32.2. The number of carbonyl (C=O) groups excluding carboxylic acids is 1. The molecule has 0 aliphatic heterocycles. The van der Waals surface area contributed by atoms with Crippen LogP contribution < -0.4 is 0 Å². The van der Waals surface area contributed by atoms with Gasteiger partial charge in [0.25, 0.3) is 0 Å². The maximum Gasteiger partial charge on any atom is 0.418 e. The van der Waals surface area contributed by atoms with Gasteiger partial charge >= 0.3 is 6.47 Å². The minimum absolute atomic E-state index is 0.541. The summed E-state index contributed by atoms with van der Waals surface area (Å²) in [7, 11) is -3.59. The third-order valence-corrected chi connectivity index (χ3v) is 3.40. The van der Waals surface area contributed by atoms with Crippen LogP contribution >= 0.6 is 0 Å². The van der Waals surface area contributed by atoms with E-state index in [4.69, 9.17) is 0 Å². The molecule has 0 saturated carbocycles. The van der Waals surface area contributed by atoms with E-state index in [2.05, 4.69) is 4.74 Å². The molecule has 15 heavy (non-hydrogen) atoms. The minimum Gasteiger partial charge on any atom is -0.438 e. The zero-order chi connectivity index (χ0) is 11.3. The normalized spacial score (nSPS) is 13.1. The lowest BCUT2D eigenvalue weighted by Gasteiger charge is -2.09. The van der Waals surface area contributed by atoms with Gasteiger partial charge in [-0.1, -0.05) is 30.3 Å². The molecular weight excluding hydrogens is 216 g/mol. The summed E-state index contributed by atoms with van der Waals surface area (Å²) in [6.07, 6.45) is 0. The lowest BCUT2D eigenvalue weighted by Crippen LogP contribution is -2.20. The molecule has 4 nitrogen and oxygen atoms in total. The Kier molecular flexibility index (Phi) is 3.85. The van der Waals surface area contributed by atoms with Crippen LogP contribution in [-0.2, 0) is 19.4 Å². The molecule has 0 aliphatic rings. The average Bonchev–Trinajstić information content (AvgIpc) is 2.19. The third kappa shape index (κ3) is 3.36. The Hall–Kier alpha value is -1.36. The molecule has 0 heterocycles. The van der Waals surface area contributed by atoms with Gasteiger partial charge in [0.15, 0.2) is 9.84 Å². The predicted octanol–water partition coefficient (Wildman–Crippen LogP) is 1.04. The van der Waals surface area contributed by atoms with Gasteiger partial charge in [-0.25, -0.2) is 13.2 Å². The first-order valence-electron chi connectivity index (χ1n) is 4.23. The highest BCUT2D eigenvalue weighted by molar-refractivity contribution is 7.94. The van der Waals surface area contributed by atoms with Gasteiger partial charge in [-0.05, 0) is 12.5 Å². The van der Waals surface area contributed by atoms with Crippen LogP contribution in [0.5, 0.6) is 0 Å². The fraction of sp³-hybridized carbons (Fsp3) is 0.200. The number of hydrogen-bond donors (Lipinski definition) is 0. The molecule has 1 unspecified atom stereocenters. The van der Waals surface area contributed by atoms with Crippen LogP contribution in [-0.4, -0.2) is 20.3 Å². The Morgan fingerprint density at radius 1 is 1.33 bits per heavy atom. The van der Waals surface area contributed by atoms with Gasteiger partial charge in [0.2, 0.25) is 5.44 Å². The second kappa shape index (κ2) is 4.93. The average molecular weight is 226 g/mol. The summed E-state index contributed by atoms with van der Waals surface area (Å²) in [4.78, 5) is 9.89. The molecule has 0 aliphatic carbocycles. The quantitative estimate of drug-likeness (QED) is 0.752. The maximum absolute atomic E-state index is 11.5. The Balaban J connectivity index is 2.77. The van der Waals surface area contributed by atoms with E-state index in [0.717, 1.165) is 12.2 Å². The molecule has 0 fully saturated rings. The molecule has 0 aromatic heterocycles. The van der Waals surface area contributed by atoms with Crippen LogP contribution in [0, 0.1) is 5.75 Å². The van der Waals surface area contributed by atoms with Crippen LogP contribution in [0.2, 0.25) is 0 Å². The zero-order valence-corrected chi connectivity index (χ0v) is 8.90. The lowest BCUT2D eigenvalue weighted by atomic mass is 10.2. The number of rotatable bonds is 5. The summed E-state index contributed by atoms with van der Waals surface area (Å²) in [5, 5.41) is 0. The summed E-state index contributed by atoms with van der Waals surface area (Å²) in [5.41, 5.74) is -0.672. The van der Waals surface area contributed by atoms with Crippen molar-refractivity contribution in [3.63, 3.8) is 0 Å². The first-order chi connectivity index (χ1) is 7.06. The van der Waals surface area contributed by atoms with Gasteiger partial charge in [0.05, 0.1) is 0 Å². The molecule has 5 heteroatoms. The fourth-order valence-electron chi connectivity index (χ4n) is 0.952. The van der Waals surface area contributed by atoms with Crippen molar-refractivity contribution in [1.82, 2.24) is 0 Å². The molecule has 0 bridgehead atoms. The molecule has 1 aromatic carbocycles. The minimum atomic E-state index is -3.59. The summed E-state index contributed by atoms with van der Waals surface area (Å²) in [6.45, 7) is 2.39. The monoisotopic (exact) mass is 226 g/mol. The molecule has 80 valence electrons. The second-order valence-electron chi connectivity index (χ2n) is 2.89. The molecule has 2 radical (unpaired) electrons. The number of benzene rings is 1. The Morgan fingerprint density at radius 3 is 2.47 bits per heavy atom. The van der Waals surface area contributed by atoms with E-state index in [9.17, 15) is 13.2 Å². The zero-order valence-electron chi connectivity index (χ0n) is 8.08. The van der Waals surface area contributed by atoms with Gasteiger partial charge in [-0.3, -0.25) is 0 Å². The van der Waals surface area contributed by atoms with Crippen molar-refractivity contribution in [2.24, 2.45) is 0 Å². The van der Waals surface area contributed by atoms with Crippen molar-refractivity contribution < 1.29 is 17.9 Å². The molecule has 0 amide bonds. The van der Waals surface area contributed by atoms with Gasteiger partial charge in [-0.2, -0.15) is 0 Å². The van der Waals surface area contributed by atoms with E-state index >= 15 is 0 Å². The lowest BCUT2D eigenvalue weighted by molar-refractivity contribution is 0.258. The third-order valence-electron chi connectivity index (χ3n) is 1.78. The second-order valence-corrected chi connectivity index (χ2v) is 4.96. The van der Waals surface area contributed by atoms with Gasteiger partial charge in [-0.15, -0.1) is 0 Å². The van der Waals surface area contributed by atoms with Crippen LogP contribution in [0.15, 0.2) is 30.3 Å². The first kappa shape index (κ1) is 11.7. The maximum atomic E-state index is 11.5. The SMILES string of the molecule is CC(O[C]=O)S(=O)(=O)[CH]c1ccccc1. The van der Waals surface area contributed by atoms with Gasteiger partial charge < -0.3 is 4.74 Å². The van der Waals surface area contributed by atoms with Crippen LogP contribution in [0.3, 0.4) is 0 Å². The summed E-state index contributed by atoms with van der Waals surface area (Å²) >= 11 is 0. The fourth-order valence-corrected chi connectivity index (χ4v) is 1.85. The standard InChI is InChI=1S/C10H10O4S/c1-9(14-8-11)15(12,13)7-10-5-3-2-4-6-10/h2-7,9H,1H3. The van der Waals surface area contributed by atoms with Gasteiger partial charge in [0.1, 0.15) is 5.75 Å². The van der Waals surface area contributed by atoms with Crippen LogP contribution in [0.4, 0.5) is 0 Å². The highest BCUT2D eigenvalue weighted by Crippen LogP contribution is 2.13.